The van der Waals surface area contributed by atoms with Crippen LogP contribution in [0.15, 0.2) is 0 Å². The lowest BCUT2D eigenvalue weighted by molar-refractivity contribution is -0.144. The van der Waals surface area contributed by atoms with E-state index < -0.39 is 5.97 Å². The molecule has 2 aliphatic heterocycles. The van der Waals surface area contributed by atoms with Crippen molar-refractivity contribution in [3.05, 3.63) is 0 Å². The first kappa shape index (κ1) is 12.9. The molecule has 0 aromatic rings. The lowest BCUT2D eigenvalue weighted by Gasteiger charge is -2.28. The minimum absolute atomic E-state index is 0.0344. The lowest BCUT2D eigenvalue weighted by Crippen LogP contribution is -2.45. The first-order valence-corrected chi connectivity index (χ1v) is 7.32. The summed E-state index contributed by atoms with van der Waals surface area (Å²) >= 11 is 0. The van der Waals surface area contributed by atoms with Crippen LogP contribution in [0.2, 0.25) is 0 Å². The Labute approximate surface area is 112 Å². The smallest absolute Gasteiger partial charge is 0.306 e. The summed E-state index contributed by atoms with van der Waals surface area (Å²) in [6.07, 6.45) is 6.44. The Hall–Kier alpha value is -1.10. The molecule has 5 heteroatoms. The molecule has 19 heavy (non-hydrogen) atoms. The fourth-order valence-electron chi connectivity index (χ4n) is 3.74. The van der Waals surface area contributed by atoms with Gasteiger partial charge < -0.3 is 15.2 Å². The van der Waals surface area contributed by atoms with Crippen LogP contribution in [0.5, 0.6) is 0 Å². The van der Waals surface area contributed by atoms with E-state index in [-0.39, 0.29) is 29.9 Å². The van der Waals surface area contributed by atoms with Crippen molar-refractivity contribution in [3.8, 4) is 0 Å². The van der Waals surface area contributed by atoms with Crippen molar-refractivity contribution >= 4 is 11.9 Å². The highest BCUT2D eigenvalue weighted by Gasteiger charge is 2.42. The van der Waals surface area contributed by atoms with Gasteiger partial charge in [-0.2, -0.15) is 0 Å². The maximum atomic E-state index is 12.2. The molecule has 3 aliphatic rings. The van der Waals surface area contributed by atoms with Gasteiger partial charge in [-0.1, -0.05) is 6.42 Å². The van der Waals surface area contributed by atoms with E-state index in [0.717, 1.165) is 32.1 Å². The third-order valence-corrected chi connectivity index (χ3v) is 4.83. The molecule has 5 nitrogen and oxygen atoms in total. The van der Waals surface area contributed by atoms with Crippen LogP contribution in [0.1, 0.15) is 44.9 Å². The summed E-state index contributed by atoms with van der Waals surface area (Å²) in [7, 11) is 0. The molecular weight excluding hydrogens is 246 g/mol. The van der Waals surface area contributed by atoms with Crippen molar-refractivity contribution in [3.63, 3.8) is 0 Å². The van der Waals surface area contributed by atoms with Crippen molar-refractivity contribution in [2.45, 2.75) is 63.2 Å². The molecule has 2 bridgehead atoms. The zero-order valence-corrected chi connectivity index (χ0v) is 11.0. The average molecular weight is 267 g/mol. The van der Waals surface area contributed by atoms with Crippen molar-refractivity contribution < 1.29 is 19.4 Å². The van der Waals surface area contributed by atoms with Crippen LogP contribution in [0.3, 0.4) is 0 Å². The van der Waals surface area contributed by atoms with Gasteiger partial charge in [0.1, 0.15) is 0 Å². The Morgan fingerprint density at radius 2 is 1.84 bits per heavy atom. The van der Waals surface area contributed by atoms with Crippen LogP contribution in [0, 0.1) is 11.8 Å². The second-order valence-corrected chi connectivity index (χ2v) is 6.12. The average Bonchev–Trinajstić information content (AvgIpc) is 3.01. The van der Waals surface area contributed by atoms with Gasteiger partial charge in [0.05, 0.1) is 24.2 Å². The normalized spacial score (nSPS) is 41.2. The third-order valence-electron chi connectivity index (χ3n) is 4.83. The molecular formula is C14H21NO4. The van der Waals surface area contributed by atoms with Crippen LogP contribution in [0.4, 0.5) is 0 Å². The van der Waals surface area contributed by atoms with E-state index in [9.17, 15) is 9.59 Å². The zero-order valence-electron chi connectivity index (χ0n) is 11.0. The molecule has 2 heterocycles. The van der Waals surface area contributed by atoms with Crippen LogP contribution in [-0.2, 0) is 14.3 Å². The lowest BCUT2D eigenvalue weighted by atomic mass is 9.80. The zero-order chi connectivity index (χ0) is 13.4. The summed E-state index contributed by atoms with van der Waals surface area (Å²) in [4.78, 5) is 23.3. The first-order valence-electron chi connectivity index (χ1n) is 7.32. The summed E-state index contributed by atoms with van der Waals surface area (Å²) in [6.45, 7) is 0. The fraction of sp³-hybridized carbons (Fsp3) is 0.857. The van der Waals surface area contributed by atoms with Gasteiger partial charge in [-0.15, -0.1) is 0 Å². The largest absolute Gasteiger partial charge is 0.481 e. The highest BCUT2D eigenvalue weighted by molar-refractivity contribution is 5.80. The van der Waals surface area contributed by atoms with E-state index in [0.29, 0.717) is 18.9 Å². The Kier molecular flexibility index (Phi) is 3.48. The summed E-state index contributed by atoms with van der Waals surface area (Å²) in [5.74, 6) is -1.21. The maximum absolute atomic E-state index is 12.2. The van der Waals surface area contributed by atoms with Crippen molar-refractivity contribution in [2.24, 2.45) is 11.8 Å². The number of hydrogen-bond acceptors (Lipinski definition) is 3. The van der Waals surface area contributed by atoms with Gasteiger partial charge in [-0.05, 0) is 38.5 Å². The second kappa shape index (κ2) is 5.12. The Morgan fingerprint density at radius 1 is 1.05 bits per heavy atom. The van der Waals surface area contributed by atoms with E-state index in [4.69, 9.17) is 9.84 Å². The van der Waals surface area contributed by atoms with Gasteiger partial charge >= 0.3 is 5.97 Å². The standard InChI is InChI=1S/C14H21NO4/c16-13(8-2-1-3-9(6-8)14(17)18)15-11-7-10-4-5-12(11)19-10/h8-12H,1-7H2,(H,15,16)(H,17,18)/t8?,9?,10-,11-,12+/m1/s1. The highest BCUT2D eigenvalue weighted by atomic mass is 16.5. The van der Waals surface area contributed by atoms with Crippen molar-refractivity contribution in [1.29, 1.82) is 0 Å². The topological polar surface area (TPSA) is 75.6 Å². The quantitative estimate of drug-likeness (QED) is 0.808. The summed E-state index contributed by atoms with van der Waals surface area (Å²) < 4.78 is 5.72. The molecule has 3 rings (SSSR count). The van der Waals surface area contributed by atoms with Crippen LogP contribution >= 0.6 is 0 Å². The van der Waals surface area contributed by atoms with E-state index in [2.05, 4.69) is 5.32 Å². The number of carbonyl (C=O) groups excluding carboxylic acids is 1. The Morgan fingerprint density at radius 3 is 2.47 bits per heavy atom. The molecule has 0 spiro atoms. The molecule has 3 fully saturated rings. The summed E-state index contributed by atoms with van der Waals surface area (Å²) in [5, 5.41) is 12.1. The maximum Gasteiger partial charge on any atom is 0.306 e. The fourth-order valence-corrected chi connectivity index (χ4v) is 3.74. The number of rotatable bonds is 3. The SMILES string of the molecule is O=C(O)C1CCCC(C(=O)N[C@@H]2C[C@H]3CC[C@@H]2O3)C1. The van der Waals surface area contributed by atoms with Gasteiger partial charge in [0.25, 0.3) is 0 Å². The molecule has 1 aliphatic carbocycles. The van der Waals surface area contributed by atoms with E-state index in [1.165, 1.54) is 0 Å². The minimum atomic E-state index is -0.763. The van der Waals surface area contributed by atoms with Crippen LogP contribution in [-0.4, -0.2) is 35.2 Å². The Balaban J connectivity index is 1.54. The van der Waals surface area contributed by atoms with Gasteiger partial charge in [0.2, 0.25) is 5.91 Å². The van der Waals surface area contributed by atoms with E-state index in [1.807, 2.05) is 0 Å². The number of fused-ring (bicyclic) bond motifs is 2. The van der Waals surface area contributed by atoms with E-state index >= 15 is 0 Å². The van der Waals surface area contributed by atoms with Crippen molar-refractivity contribution in [1.82, 2.24) is 5.32 Å². The van der Waals surface area contributed by atoms with Gasteiger partial charge in [0, 0.05) is 5.92 Å². The van der Waals surface area contributed by atoms with Crippen LogP contribution in [0.25, 0.3) is 0 Å². The number of ether oxygens (including phenoxy) is 1. The molecule has 2 unspecified atom stereocenters. The first-order chi connectivity index (χ1) is 9.13. The number of hydrogen-bond donors (Lipinski definition) is 2. The number of carbonyl (C=O) groups is 2. The third kappa shape index (κ3) is 2.61. The monoisotopic (exact) mass is 267 g/mol. The molecule has 2 saturated heterocycles. The predicted molar refractivity (Wildman–Crippen MR) is 67.5 cm³/mol. The molecule has 1 saturated carbocycles. The number of carboxylic acid groups (broad SMARTS) is 1. The highest BCUT2D eigenvalue weighted by Crippen LogP contribution is 2.35. The van der Waals surface area contributed by atoms with Crippen LogP contribution < -0.4 is 5.32 Å². The predicted octanol–water partition coefficient (Wildman–Crippen LogP) is 1.31. The Bertz CT molecular complexity index is 384. The van der Waals surface area contributed by atoms with Gasteiger partial charge in [-0.25, -0.2) is 0 Å². The molecule has 2 N–H and O–H groups in total. The molecule has 0 aromatic heterocycles. The second-order valence-electron chi connectivity index (χ2n) is 6.12. The van der Waals surface area contributed by atoms with Gasteiger partial charge in [0.15, 0.2) is 0 Å². The van der Waals surface area contributed by atoms with Gasteiger partial charge in [-0.3, -0.25) is 9.59 Å². The number of amides is 1. The summed E-state index contributed by atoms with van der Waals surface area (Å²) in [5.41, 5.74) is 0. The number of nitrogens with one attached hydrogen (secondary N) is 1. The molecule has 106 valence electrons. The molecule has 0 aromatic carbocycles. The molecule has 0 radical (unpaired) electrons. The van der Waals surface area contributed by atoms with E-state index in [1.54, 1.807) is 0 Å². The minimum Gasteiger partial charge on any atom is -0.481 e. The number of carboxylic acids is 1. The molecule has 1 amide bonds. The molecule has 5 atom stereocenters. The summed E-state index contributed by atoms with van der Waals surface area (Å²) in [6, 6.07) is 0.149. The number of aliphatic carboxylic acids is 1. The van der Waals surface area contributed by atoms with Crippen molar-refractivity contribution in [2.75, 3.05) is 0 Å².